The van der Waals surface area contributed by atoms with Gasteiger partial charge in [0.1, 0.15) is 18.3 Å². The fourth-order valence-electron chi connectivity index (χ4n) is 2.70. The van der Waals surface area contributed by atoms with Crippen LogP contribution in [0.15, 0.2) is 48.5 Å². The summed E-state index contributed by atoms with van der Waals surface area (Å²) in [7, 11) is 1.30. The highest BCUT2D eigenvalue weighted by molar-refractivity contribution is 6.13. The molecule has 1 unspecified atom stereocenters. The average Bonchev–Trinajstić information content (AvgIpc) is 2.91. The van der Waals surface area contributed by atoms with E-state index in [0.717, 1.165) is 11.1 Å². The van der Waals surface area contributed by atoms with Gasteiger partial charge in [-0.15, -0.1) is 0 Å². The first-order chi connectivity index (χ1) is 10.7. The van der Waals surface area contributed by atoms with Crippen molar-refractivity contribution in [2.75, 3.05) is 7.11 Å². The van der Waals surface area contributed by atoms with Crippen LogP contribution in [0.3, 0.4) is 0 Å². The number of ketones is 1. The van der Waals surface area contributed by atoms with Crippen LogP contribution in [-0.4, -0.2) is 18.9 Å². The first kappa shape index (κ1) is 14.3. The number of hydrogen-bond donors (Lipinski definition) is 0. The van der Waals surface area contributed by atoms with Crippen molar-refractivity contribution < 1.29 is 19.1 Å². The molecule has 0 amide bonds. The summed E-state index contributed by atoms with van der Waals surface area (Å²) in [6.07, 6.45) is 0.378. The van der Waals surface area contributed by atoms with E-state index in [0.29, 0.717) is 24.3 Å². The second kappa shape index (κ2) is 6.02. The van der Waals surface area contributed by atoms with E-state index in [4.69, 9.17) is 9.47 Å². The maximum atomic E-state index is 12.4. The van der Waals surface area contributed by atoms with Gasteiger partial charge in [0.05, 0.1) is 12.7 Å². The lowest BCUT2D eigenvalue weighted by atomic mass is 10.1. The molecule has 0 saturated heterocycles. The number of fused-ring (bicyclic) bond motifs is 1. The van der Waals surface area contributed by atoms with Crippen molar-refractivity contribution >= 4 is 11.8 Å². The van der Waals surface area contributed by atoms with E-state index in [1.807, 2.05) is 42.5 Å². The topological polar surface area (TPSA) is 52.6 Å². The number of hydrogen-bond acceptors (Lipinski definition) is 4. The second-order valence-corrected chi connectivity index (χ2v) is 5.21. The van der Waals surface area contributed by atoms with Gasteiger partial charge in [-0.2, -0.15) is 0 Å². The van der Waals surface area contributed by atoms with Crippen LogP contribution in [0, 0.1) is 5.92 Å². The van der Waals surface area contributed by atoms with Crippen molar-refractivity contribution in [1.29, 1.82) is 0 Å². The van der Waals surface area contributed by atoms with Crippen molar-refractivity contribution in [3.8, 4) is 5.75 Å². The van der Waals surface area contributed by atoms with Crippen molar-refractivity contribution in [1.82, 2.24) is 0 Å². The molecule has 4 heteroatoms. The summed E-state index contributed by atoms with van der Waals surface area (Å²) in [5, 5.41) is 0. The number of Topliss-reactive ketones (excluding diaryl/α,β-unsaturated/α-hetero) is 1. The maximum absolute atomic E-state index is 12.4. The zero-order chi connectivity index (χ0) is 15.5. The lowest BCUT2D eigenvalue weighted by Gasteiger charge is -2.10. The van der Waals surface area contributed by atoms with Crippen molar-refractivity contribution in [3.05, 3.63) is 65.2 Å². The van der Waals surface area contributed by atoms with E-state index in [2.05, 4.69) is 0 Å². The van der Waals surface area contributed by atoms with Crippen molar-refractivity contribution in [2.24, 2.45) is 5.92 Å². The molecule has 2 aromatic carbocycles. The Morgan fingerprint density at radius 1 is 1.14 bits per heavy atom. The van der Waals surface area contributed by atoms with Crippen LogP contribution in [0.5, 0.6) is 5.75 Å². The zero-order valence-electron chi connectivity index (χ0n) is 12.2. The number of esters is 1. The predicted molar refractivity (Wildman–Crippen MR) is 80.8 cm³/mol. The van der Waals surface area contributed by atoms with Crippen LogP contribution < -0.4 is 4.74 Å². The zero-order valence-corrected chi connectivity index (χ0v) is 12.2. The monoisotopic (exact) mass is 296 g/mol. The van der Waals surface area contributed by atoms with Crippen LogP contribution in [-0.2, 0) is 22.6 Å². The fourth-order valence-corrected chi connectivity index (χ4v) is 2.70. The molecule has 1 aliphatic carbocycles. The van der Waals surface area contributed by atoms with E-state index in [9.17, 15) is 9.59 Å². The van der Waals surface area contributed by atoms with E-state index in [1.54, 1.807) is 6.07 Å². The maximum Gasteiger partial charge on any atom is 0.316 e. The van der Waals surface area contributed by atoms with Gasteiger partial charge in [-0.3, -0.25) is 9.59 Å². The Morgan fingerprint density at radius 3 is 2.64 bits per heavy atom. The van der Waals surface area contributed by atoms with Gasteiger partial charge in [-0.25, -0.2) is 0 Å². The molecule has 0 aromatic heterocycles. The van der Waals surface area contributed by atoms with Gasteiger partial charge in [-0.05, 0) is 23.6 Å². The van der Waals surface area contributed by atoms with E-state index >= 15 is 0 Å². The van der Waals surface area contributed by atoms with E-state index < -0.39 is 11.9 Å². The molecular formula is C18H16O4. The molecule has 0 aliphatic heterocycles. The molecule has 1 aliphatic rings. The fraction of sp³-hybridized carbons (Fsp3) is 0.222. The number of rotatable bonds is 4. The molecule has 0 bridgehead atoms. The van der Waals surface area contributed by atoms with Crippen LogP contribution in [0.2, 0.25) is 0 Å². The minimum Gasteiger partial charge on any atom is -0.488 e. The molecule has 4 nitrogen and oxygen atoms in total. The molecule has 112 valence electrons. The molecule has 2 aromatic rings. The van der Waals surface area contributed by atoms with Gasteiger partial charge in [0.15, 0.2) is 5.78 Å². The first-order valence-corrected chi connectivity index (χ1v) is 7.11. The molecule has 0 spiro atoms. The Bertz CT molecular complexity index is 706. The minimum absolute atomic E-state index is 0.217. The Hall–Kier alpha value is -2.62. The van der Waals surface area contributed by atoms with Gasteiger partial charge < -0.3 is 9.47 Å². The minimum atomic E-state index is -0.749. The Kier molecular flexibility index (Phi) is 3.92. The van der Waals surface area contributed by atoms with Crippen LogP contribution in [0.25, 0.3) is 0 Å². The number of ether oxygens (including phenoxy) is 2. The number of carbonyl (C=O) groups excluding carboxylic acids is 2. The molecular weight excluding hydrogens is 280 g/mol. The second-order valence-electron chi connectivity index (χ2n) is 5.21. The molecule has 0 N–H and O–H groups in total. The molecule has 22 heavy (non-hydrogen) atoms. The first-order valence-electron chi connectivity index (χ1n) is 7.11. The summed E-state index contributed by atoms with van der Waals surface area (Å²) in [6.45, 7) is 0.382. The normalized spacial score (nSPS) is 16.2. The van der Waals surface area contributed by atoms with Crippen LogP contribution in [0.1, 0.15) is 21.5 Å². The molecule has 0 radical (unpaired) electrons. The Balaban J connectivity index is 1.83. The highest BCUT2D eigenvalue weighted by atomic mass is 16.5. The summed E-state index contributed by atoms with van der Waals surface area (Å²) < 4.78 is 10.5. The van der Waals surface area contributed by atoms with Gasteiger partial charge in [0.25, 0.3) is 0 Å². The summed E-state index contributed by atoms with van der Waals surface area (Å²) >= 11 is 0. The summed E-state index contributed by atoms with van der Waals surface area (Å²) in [4.78, 5) is 24.1. The molecule has 0 saturated carbocycles. The molecule has 0 fully saturated rings. The number of benzene rings is 2. The predicted octanol–water partition coefficient (Wildman–Crippen LogP) is 2.79. The Morgan fingerprint density at radius 2 is 1.91 bits per heavy atom. The molecule has 1 atom stereocenters. The summed E-state index contributed by atoms with van der Waals surface area (Å²) in [6, 6.07) is 15.2. The third-order valence-electron chi connectivity index (χ3n) is 3.82. The highest BCUT2D eigenvalue weighted by Crippen LogP contribution is 2.34. The van der Waals surface area contributed by atoms with Crippen molar-refractivity contribution in [2.45, 2.75) is 13.0 Å². The largest absolute Gasteiger partial charge is 0.488 e. The van der Waals surface area contributed by atoms with Gasteiger partial charge in [-0.1, -0.05) is 42.5 Å². The average molecular weight is 296 g/mol. The summed E-state index contributed by atoms with van der Waals surface area (Å²) in [5.41, 5.74) is 2.37. The lowest BCUT2D eigenvalue weighted by Crippen LogP contribution is -2.22. The third-order valence-corrected chi connectivity index (χ3v) is 3.82. The van der Waals surface area contributed by atoms with Gasteiger partial charge in [0.2, 0.25) is 0 Å². The SMILES string of the molecule is COC(=O)C1Cc2cccc(OCc3ccccc3)c2C1=O. The number of carbonyl (C=O) groups is 2. The lowest BCUT2D eigenvalue weighted by molar-refractivity contribution is -0.143. The standard InChI is InChI=1S/C18H16O4/c1-21-18(20)14-10-13-8-5-9-15(16(13)17(14)19)22-11-12-6-3-2-4-7-12/h2-9,14H,10-11H2,1H3. The quantitative estimate of drug-likeness (QED) is 0.643. The molecule has 0 heterocycles. The highest BCUT2D eigenvalue weighted by Gasteiger charge is 2.38. The van der Waals surface area contributed by atoms with E-state index in [-0.39, 0.29) is 5.78 Å². The number of methoxy groups -OCH3 is 1. The third kappa shape index (κ3) is 2.60. The van der Waals surface area contributed by atoms with Crippen LogP contribution in [0.4, 0.5) is 0 Å². The molecule has 3 rings (SSSR count). The summed E-state index contributed by atoms with van der Waals surface area (Å²) in [5.74, 6) is -0.931. The van der Waals surface area contributed by atoms with Crippen molar-refractivity contribution in [3.63, 3.8) is 0 Å². The van der Waals surface area contributed by atoms with Gasteiger partial charge in [0, 0.05) is 0 Å². The smallest absolute Gasteiger partial charge is 0.316 e. The Labute approximate surface area is 128 Å². The van der Waals surface area contributed by atoms with E-state index in [1.165, 1.54) is 7.11 Å². The van der Waals surface area contributed by atoms with Crippen LogP contribution >= 0.6 is 0 Å². The van der Waals surface area contributed by atoms with Gasteiger partial charge >= 0.3 is 5.97 Å².